The van der Waals surface area contributed by atoms with Crippen molar-refractivity contribution in [2.45, 2.75) is 10.8 Å². The van der Waals surface area contributed by atoms with Gasteiger partial charge in [0, 0.05) is 21.8 Å². The van der Waals surface area contributed by atoms with E-state index in [0.717, 1.165) is 0 Å². The zero-order chi connectivity index (χ0) is 40.1. The Kier molecular flexibility index (Phi) is 7.21. The van der Waals surface area contributed by atoms with Crippen molar-refractivity contribution in [3.05, 3.63) is 281 Å². The molecule has 2 aliphatic rings. The van der Waals surface area contributed by atoms with Crippen LogP contribution in [0, 0.1) is 0 Å². The Morgan fingerprint density at radius 2 is 0.803 bits per heavy atom. The molecule has 13 rings (SSSR count). The number of hydrogen-bond donors (Lipinski definition) is 0. The summed E-state index contributed by atoms with van der Waals surface area (Å²) in [4.78, 5) is 0. The molecular weight excluding hydrogens is 735 g/mol. The second-order valence-corrected chi connectivity index (χ2v) is 16.7. The van der Waals surface area contributed by atoms with Crippen molar-refractivity contribution >= 4 is 32.6 Å². The van der Waals surface area contributed by atoms with Crippen LogP contribution in [0.1, 0.15) is 44.5 Å². The molecule has 0 saturated carbocycles. The van der Waals surface area contributed by atoms with Crippen molar-refractivity contribution in [3.63, 3.8) is 0 Å². The Hall–Kier alpha value is -7.74. The molecule has 0 fully saturated rings. The van der Waals surface area contributed by atoms with Crippen molar-refractivity contribution in [2.24, 2.45) is 0 Å². The van der Waals surface area contributed by atoms with Gasteiger partial charge in [-0.2, -0.15) is 0 Å². The van der Waals surface area contributed by atoms with Gasteiger partial charge >= 0.3 is 0 Å². The van der Waals surface area contributed by atoms with Crippen molar-refractivity contribution in [2.75, 3.05) is 0 Å². The van der Waals surface area contributed by atoms with Gasteiger partial charge in [0.1, 0.15) is 0 Å². The van der Waals surface area contributed by atoms with Crippen molar-refractivity contribution in [1.82, 2.24) is 4.57 Å². The third kappa shape index (κ3) is 4.45. The SMILES string of the molecule is c1ccc(-n2c3ccccc3c3cc(-c4ccc(C5(c6ccccc6)c6ccccc6C6(c7ccccc7)c7ccccc7-c7cccc5c76)cc4)c4ccccc4c32)cc1. The van der Waals surface area contributed by atoms with Crippen LogP contribution in [0.5, 0.6) is 0 Å². The van der Waals surface area contributed by atoms with E-state index in [2.05, 4.69) is 241 Å². The van der Waals surface area contributed by atoms with Crippen LogP contribution in [-0.4, -0.2) is 4.57 Å². The van der Waals surface area contributed by atoms with E-state index < -0.39 is 10.8 Å². The van der Waals surface area contributed by atoms with Gasteiger partial charge in [0.15, 0.2) is 0 Å². The van der Waals surface area contributed by atoms with Gasteiger partial charge in [0.2, 0.25) is 0 Å². The van der Waals surface area contributed by atoms with Crippen LogP contribution >= 0.6 is 0 Å². The minimum Gasteiger partial charge on any atom is -0.309 e. The lowest BCUT2D eigenvalue weighted by Gasteiger charge is -2.49. The second-order valence-electron chi connectivity index (χ2n) is 16.7. The standard InChI is InChI=1S/C60H39N/c1-4-19-41(20-5-1)59(53-31-15-16-32-54(53)60(42-21-6-2-7-22-42)52-30-14-12-26-46(52)48-29-18-33-55(59)57(48)60)43-37-35-40(36-38-43)50-39-51-47-27-13-17-34-56(47)61(44-23-8-3-9-24-44)58(51)49-28-11-10-25-45(49)50/h1-39H. The Morgan fingerprint density at radius 1 is 0.295 bits per heavy atom. The zero-order valence-electron chi connectivity index (χ0n) is 33.5. The molecule has 0 bridgehead atoms. The normalized spacial score (nSPS) is 17.3. The van der Waals surface area contributed by atoms with Gasteiger partial charge < -0.3 is 4.57 Å². The summed E-state index contributed by atoms with van der Waals surface area (Å²) in [5.74, 6) is 0. The first kappa shape index (κ1) is 34.2. The van der Waals surface area contributed by atoms with Crippen LogP contribution < -0.4 is 0 Å². The molecule has 11 aromatic rings. The first-order valence-corrected chi connectivity index (χ1v) is 21.4. The Bertz CT molecular complexity index is 3510. The summed E-state index contributed by atoms with van der Waals surface area (Å²) in [5, 5.41) is 5.01. The van der Waals surface area contributed by atoms with Crippen molar-refractivity contribution in [1.29, 1.82) is 0 Å². The molecule has 0 aliphatic heterocycles. The third-order valence-electron chi connectivity index (χ3n) is 13.9. The monoisotopic (exact) mass is 773 g/mol. The number of fused-ring (bicyclic) bond motifs is 10. The number of aromatic nitrogens is 1. The van der Waals surface area contributed by atoms with Crippen molar-refractivity contribution in [3.8, 4) is 27.9 Å². The molecule has 2 atom stereocenters. The molecular formula is C60H39N. The molecule has 284 valence electrons. The summed E-state index contributed by atoms with van der Waals surface area (Å²) in [7, 11) is 0. The minimum absolute atomic E-state index is 0.466. The van der Waals surface area contributed by atoms with Crippen LogP contribution in [0.25, 0.3) is 60.5 Å². The molecule has 0 saturated heterocycles. The Labute approximate surface area is 355 Å². The number of hydrogen-bond acceptors (Lipinski definition) is 0. The number of nitrogens with zero attached hydrogens (tertiary/aromatic N) is 1. The molecule has 2 unspecified atom stereocenters. The predicted octanol–water partition coefficient (Wildman–Crippen LogP) is 14.7. The van der Waals surface area contributed by atoms with E-state index in [4.69, 9.17) is 0 Å². The van der Waals surface area contributed by atoms with Gasteiger partial charge in [-0.1, -0.05) is 212 Å². The molecule has 0 spiro atoms. The maximum Gasteiger partial charge on any atom is 0.0720 e. The summed E-state index contributed by atoms with van der Waals surface area (Å²) in [6, 6.07) is 88.5. The van der Waals surface area contributed by atoms with Gasteiger partial charge in [-0.3, -0.25) is 0 Å². The highest BCUT2D eigenvalue weighted by molar-refractivity contribution is 6.22. The molecule has 1 nitrogen and oxygen atoms in total. The van der Waals surface area contributed by atoms with Gasteiger partial charge in [0.05, 0.1) is 21.9 Å². The Balaban J connectivity index is 1.09. The fraction of sp³-hybridized carbons (Fsp3) is 0.0333. The van der Waals surface area contributed by atoms with Crippen LogP contribution in [0.15, 0.2) is 237 Å². The highest BCUT2D eigenvalue weighted by Crippen LogP contribution is 2.65. The highest BCUT2D eigenvalue weighted by atomic mass is 15.0. The maximum atomic E-state index is 2.44. The molecule has 1 aromatic heterocycles. The zero-order valence-corrected chi connectivity index (χ0v) is 33.5. The number of para-hydroxylation sites is 2. The van der Waals surface area contributed by atoms with Gasteiger partial charge in [-0.15, -0.1) is 0 Å². The van der Waals surface area contributed by atoms with Gasteiger partial charge in [-0.05, 0) is 96.4 Å². The average Bonchev–Trinajstić information content (AvgIpc) is 3.85. The fourth-order valence-electron chi connectivity index (χ4n) is 11.7. The predicted molar refractivity (Wildman–Crippen MR) is 253 cm³/mol. The largest absolute Gasteiger partial charge is 0.309 e. The summed E-state index contributed by atoms with van der Waals surface area (Å²) in [6.45, 7) is 0. The smallest absolute Gasteiger partial charge is 0.0720 e. The topological polar surface area (TPSA) is 4.93 Å². The summed E-state index contributed by atoms with van der Waals surface area (Å²) in [6.07, 6.45) is 0. The molecule has 1 heterocycles. The van der Waals surface area contributed by atoms with E-state index in [1.165, 1.54) is 105 Å². The molecule has 2 aliphatic carbocycles. The van der Waals surface area contributed by atoms with E-state index in [0.29, 0.717) is 0 Å². The fourth-order valence-corrected chi connectivity index (χ4v) is 11.7. The number of rotatable bonds is 5. The molecule has 0 radical (unpaired) electrons. The number of benzene rings is 10. The lowest BCUT2D eigenvalue weighted by Crippen LogP contribution is -2.44. The summed E-state index contributed by atoms with van der Waals surface area (Å²) >= 11 is 0. The van der Waals surface area contributed by atoms with Crippen LogP contribution in [0.3, 0.4) is 0 Å². The molecule has 1 heteroatoms. The lowest BCUT2D eigenvalue weighted by atomic mass is 9.51. The average molecular weight is 774 g/mol. The van der Waals surface area contributed by atoms with E-state index in [-0.39, 0.29) is 0 Å². The van der Waals surface area contributed by atoms with Crippen LogP contribution in [-0.2, 0) is 10.8 Å². The van der Waals surface area contributed by atoms with Crippen LogP contribution in [0.4, 0.5) is 0 Å². The molecule has 0 N–H and O–H groups in total. The van der Waals surface area contributed by atoms with E-state index in [9.17, 15) is 0 Å². The van der Waals surface area contributed by atoms with E-state index >= 15 is 0 Å². The maximum absolute atomic E-state index is 2.44. The lowest BCUT2D eigenvalue weighted by molar-refractivity contribution is 0.627. The highest BCUT2D eigenvalue weighted by Gasteiger charge is 2.57. The first-order chi connectivity index (χ1) is 30.3. The summed E-state index contributed by atoms with van der Waals surface area (Å²) in [5.41, 5.74) is 18.2. The van der Waals surface area contributed by atoms with E-state index in [1.807, 2.05) is 0 Å². The van der Waals surface area contributed by atoms with Gasteiger partial charge in [-0.25, -0.2) is 0 Å². The first-order valence-electron chi connectivity index (χ1n) is 21.4. The van der Waals surface area contributed by atoms with Gasteiger partial charge in [0.25, 0.3) is 0 Å². The second kappa shape index (κ2) is 12.9. The molecule has 61 heavy (non-hydrogen) atoms. The quantitative estimate of drug-likeness (QED) is 0.164. The third-order valence-corrected chi connectivity index (χ3v) is 13.9. The van der Waals surface area contributed by atoms with Crippen LogP contribution in [0.2, 0.25) is 0 Å². The summed E-state index contributed by atoms with van der Waals surface area (Å²) < 4.78 is 2.44. The van der Waals surface area contributed by atoms with Crippen molar-refractivity contribution < 1.29 is 0 Å². The molecule has 10 aromatic carbocycles. The molecule has 0 amide bonds. The Morgan fingerprint density at radius 3 is 1.52 bits per heavy atom. The minimum atomic E-state index is -0.586. The van der Waals surface area contributed by atoms with E-state index in [1.54, 1.807) is 0 Å².